The summed E-state index contributed by atoms with van der Waals surface area (Å²) in [5, 5.41) is 6.88. The van der Waals surface area contributed by atoms with Crippen LogP contribution in [0.4, 0.5) is 0 Å². The topological polar surface area (TPSA) is 45.7 Å². The van der Waals surface area contributed by atoms with Crippen molar-refractivity contribution in [1.29, 1.82) is 0 Å². The molecule has 4 nitrogen and oxygen atoms in total. The number of nitrogens with one attached hydrogen (secondary N) is 2. The van der Waals surface area contributed by atoms with E-state index in [1.807, 2.05) is 7.05 Å². The molecule has 3 rings (SSSR count). The smallest absolute Gasteiger partial charge is 0.191 e. The Kier molecular flexibility index (Phi) is 7.62. The Labute approximate surface area is 156 Å². The monoisotopic (exact) mass is 429 g/mol. The second-order valence-corrected chi connectivity index (χ2v) is 6.37. The molecule has 2 fully saturated rings. The molecule has 2 atom stereocenters. The molecule has 0 saturated heterocycles. The molecule has 0 bridgehead atoms. The van der Waals surface area contributed by atoms with Crippen molar-refractivity contribution >= 4 is 29.9 Å². The molecule has 2 unspecified atom stereocenters. The van der Waals surface area contributed by atoms with E-state index in [4.69, 9.17) is 4.74 Å². The summed E-state index contributed by atoms with van der Waals surface area (Å²) in [6.07, 6.45) is 4.94. The van der Waals surface area contributed by atoms with Crippen molar-refractivity contribution < 1.29 is 4.74 Å². The molecule has 1 aromatic rings. The molecule has 2 saturated carbocycles. The first-order valence-electron chi connectivity index (χ1n) is 8.46. The standard InChI is InChI=1S/C18H27N3O.HI/c1-19-18(20-10-5-11-22-13-14-8-9-14)21-17-12-16(17)15-6-3-2-4-7-15;/h2-4,6-7,14,16-17H,5,8-13H2,1H3,(H2,19,20,21);1H. The van der Waals surface area contributed by atoms with Gasteiger partial charge in [0.05, 0.1) is 0 Å². The van der Waals surface area contributed by atoms with Crippen molar-refractivity contribution in [2.24, 2.45) is 10.9 Å². The van der Waals surface area contributed by atoms with Crippen LogP contribution in [0.25, 0.3) is 0 Å². The van der Waals surface area contributed by atoms with E-state index in [9.17, 15) is 0 Å². The number of ether oxygens (including phenoxy) is 1. The van der Waals surface area contributed by atoms with Crippen LogP contribution in [0.5, 0.6) is 0 Å². The molecule has 0 aromatic heterocycles. The zero-order valence-corrected chi connectivity index (χ0v) is 16.2. The van der Waals surface area contributed by atoms with Crippen molar-refractivity contribution in [3.05, 3.63) is 35.9 Å². The van der Waals surface area contributed by atoms with Crippen molar-refractivity contribution in [2.75, 3.05) is 26.8 Å². The highest BCUT2D eigenvalue weighted by Gasteiger charge is 2.38. The Morgan fingerprint density at radius 2 is 2.04 bits per heavy atom. The predicted molar refractivity (Wildman–Crippen MR) is 106 cm³/mol. The maximum absolute atomic E-state index is 5.64. The van der Waals surface area contributed by atoms with Gasteiger partial charge in [-0.25, -0.2) is 0 Å². The lowest BCUT2D eigenvalue weighted by atomic mass is 10.1. The van der Waals surface area contributed by atoms with E-state index in [1.54, 1.807) is 0 Å². The largest absolute Gasteiger partial charge is 0.381 e. The number of rotatable bonds is 8. The molecule has 2 aliphatic rings. The lowest BCUT2D eigenvalue weighted by Gasteiger charge is -2.12. The van der Waals surface area contributed by atoms with E-state index in [0.717, 1.165) is 38.1 Å². The second kappa shape index (κ2) is 9.47. The van der Waals surface area contributed by atoms with Gasteiger partial charge in [0.1, 0.15) is 0 Å². The summed E-state index contributed by atoms with van der Waals surface area (Å²) < 4.78 is 5.64. The number of hydrogen-bond acceptors (Lipinski definition) is 2. The molecule has 0 heterocycles. The summed E-state index contributed by atoms with van der Waals surface area (Å²) in [5.41, 5.74) is 1.42. The fourth-order valence-corrected chi connectivity index (χ4v) is 2.71. The Bertz CT molecular complexity index is 490. The maximum Gasteiger partial charge on any atom is 0.191 e. The van der Waals surface area contributed by atoms with E-state index in [-0.39, 0.29) is 24.0 Å². The third-order valence-corrected chi connectivity index (χ3v) is 4.37. The first-order chi connectivity index (χ1) is 10.9. The minimum Gasteiger partial charge on any atom is -0.381 e. The number of nitrogens with zero attached hydrogens (tertiary/aromatic N) is 1. The lowest BCUT2D eigenvalue weighted by molar-refractivity contribution is 0.123. The molecule has 128 valence electrons. The summed E-state index contributed by atoms with van der Waals surface area (Å²) in [5.74, 6) is 2.39. The van der Waals surface area contributed by atoms with E-state index in [2.05, 4.69) is 46.0 Å². The average molecular weight is 429 g/mol. The summed E-state index contributed by atoms with van der Waals surface area (Å²) >= 11 is 0. The highest BCUT2D eigenvalue weighted by Crippen LogP contribution is 2.40. The van der Waals surface area contributed by atoms with Gasteiger partial charge >= 0.3 is 0 Å². The zero-order valence-electron chi connectivity index (χ0n) is 13.8. The number of aliphatic imine (C=N–C) groups is 1. The molecule has 0 spiro atoms. The molecule has 2 N–H and O–H groups in total. The van der Waals surface area contributed by atoms with E-state index < -0.39 is 0 Å². The molecule has 0 amide bonds. The van der Waals surface area contributed by atoms with Gasteiger partial charge in [-0.05, 0) is 37.2 Å². The molecule has 1 aromatic carbocycles. The van der Waals surface area contributed by atoms with Crippen LogP contribution in [0.2, 0.25) is 0 Å². The van der Waals surface area contributed by atoms with Gasteiger partial charge in [0.25, 0.3) is 0 Å². The van der Waals surface area contributed by atoms with E-state index >= 15 is 0 Å². The predicted octanol–water partition coefficient (Wildman–Crippen LogP) is 3.14. The summed E-state index contributed by atoms with van der Waals surface area (Å²) in [6.45, 7) is 2.71. The van der Waals surface area contributed by atoms with Gasteiger partial charge < -0.3 is 15.4 Å². The molecule has 2 aliphatic carbocycles. The average Bonchev–Trinajstić information content (AvgIpc) is 3.45. The van der Waals surface area contributed by atoms with Gasteiger partial charge in [-0.1, -0.05) is 30.3 Å². The van der Waals surface area contributed by atoms with Crippen LogP contribution in [0, 0.1) is 5.92 Å². The quantitative estimate of drug-likeness (QED) is 0.289. The fourth-order valence-electron chi connectivity index (χ4n) is 2.71. The molecule has 0 aliphatic heterocycles. The van der Waals surface area contributed by atoms with Crippen LogP contribution in [-0.4, -0.2) is 38.8 Å². The normalized spacial score (nSPS) is 23.1. The number of hydrogen-bond donors (Lipinski definition) is 2. The van der Waals surface area contributed by atoms with Gasteiger partial charge in [0, 0.05) is 38.8 Å². The van der Waals surface area contributed by atoms with Crippen molar-refractivity contribution in [3.63, 3.8) is 0 Å². The molecular weight excluding hydrogens is 401 g/mol. The number of guanidine groups is 1. The Hall–Kier alpha value is -0.820. The Balaban J connectivity index is 0.00000192. The number of benzene rings is 1. The molecule has 0 radical (unpaired) electrons. The third-order valence-electron chi connectivity index (χ3n) is 4.37. The zero-order chi connectivity index (χ0) is 15.2. The Morgan fingerprint density at radius 1 is 1.26 bits per heavy atom. The van der Waals surface area contributed by atoms with Crippen LogP contribution >= 0.6 is 24.0 Å². The fraction of sp³-hybridized carbons (Fsp3) is 0.611. The van der Waals surface area contributed by atoms with Crippen LogP contribution < -0.4 is 10.6 Å². The molecular formula is C18H28IN3O. The summed E-state index contributed by atoms with van der Waals surface area (Å²) in [6, 6.07) is 11.2. The van der Waals surface area contributed by atoms with Crippen LogP contribution in [-0.2, 0) is 4.74 Å². The van der Waals surface area contributed by atoms with Crippen molar-refractivity contribution in [3.8, 4) is 0 Å². The minimum atomic E-state index is 0. The Morgan fingerprint density at radius 3 is 2.74 bits per heavy atom. The summed E-state index contributed by atoms with van der Waals surface area (Å²) in [7, 11) is 1.83. The van der Waals surface area contributed by atoms with Gasteiger partial charge in [-0.3, -0.25) is 4.99 Å². The first-order valence-corrected chi connectivity index (χ1v) is 8.46. The lowest BCUT2D eigenvalue weighted by Crippen LogP contribution is -2.39. The third kappa shape index (κ3) is 6.30. The van der Waals surface area contributed by atoms with Crippen LogP contribution in [0.3, 0.4) is 0 Å². The van der Waals surface area contributed by atoms with Gasteiger partial charge in [0.2, 0.25) is 0 Å². The van der Waals surface area contributed by atoms with E-state index in [0.29, 0.717) is 12.0 Å². The van der Waals surface area contributed by atoms with Crippen molar-refractivity contribution in [1.82, 2.24) is 10.6 Å². The van der Waals surface area contributed by atoms with Crippen molar-refractivity contribution in [2.45, 2.75) is 37.6 Å². The number of halogens is 1. The molecule has 5 heteroatoms. The summed E-state index contributed by atoms with van der Waals surface area (Å²) in [4.78, 5) is 4.31. The van der Waals surface area contributed by atoms with E-state index in [1.165, 1.54) is 24.8 Å². The van der Waals surface area contributed by atoms with Crippen LogP contribution in [0.1, 0.15) is 37.2 Å². The van der Waals surface area contributed by atoms with Gasteiger partial charge in [-0.2, -0.15) is 0 Å². The highest BCUT2D eigenvalue weighted by molar-refractivity contribution is 14.0. The highest BCUT2D eigenvalue weighted by atomic mass is 127. The SMILES string of the molecule is CN=C(NCCCOCC1CC1)NC1CC1c1ccccc1.I. The van der Waals surface area contributed by atoms with Crippen LogP contribution in [0.15, 0.2) is 35.3 Å². The minimum absolute atomic E-state index is 0. The van der Waals surface area contributed by atoms with Gasteiger partial charge in [-0.15, -0.1) is 24.0 Å². The maximum atomic E-state index is 5.64. The first kappa shape index (κ1) is 18.5. The van der Waals surface area contributed by atoms with Gasteiger partial charge in [0.15, 0.2) is 5.96 Å². The second-order valence-electron chi connectivity index (χ2n) is 6.37. The molecule has 23 heavy (non-hydrogen) atoms.